The molecule has 2 saturated heterocycles. The number of hydrogen-bond acceptors (Lipinski definition) is 7. The van der Waals surface area contributed by atoms with Crippen molar-refractivity contribution in [1.82, 2.24) is 4.57 Å². The number of nitrogens with zero attached hydrogens (tertiary/aromatic N) is 3. The quantitative estimate of drug-likeness (QED) is 0.175. The van der Waals surface area contributed by atoms with Gasteiger partial charge >= 0.3 is 5.97 Å². The molecule has 9 heteroatoms. The lowest BCUT2D eigenvalue weighted by atomic mass is 9.83. The summed E-state index contributed by atoms with van der Waals surface area (Å²) in [5.74, 6) is 1.23. The Morgan fingerprint density at radius 2 is 1.76 bits per heavy atom. The van der Waals surface area contributed by atoms with Crippen molar-refractivity contribution in [3.05, 3.63) is 64.5 Å². The Kier molecular flexibility index (Phi) is 9.04. The third kappa shape index (κ3) is 6.02. The molecule has 0 unspecified atom stereocenters. The van der Waals surface area contributed by atoms with Gasteiger partial charge in [0, 0.05) is 50.0 Å². The fraction of sp³-hybridized carbons (Fsp3) is 0.459. The highest BCUT2D eigenvalue weighted by Gasteiger charge is 2.28. The van der Waals surface area contributed by atoms with Gasteiger partial charge in [-0.05, 0) is 91.8 Å². The SMILES string of the molecule is CCOC(=O)c1cc2c(s1)c(C1CCCCC1)c(-c1ccc(OCc3cc(N4CCCC4=O)ccc3N3CCOCC3)cc1)n2C. The predicted octanol–water partition coefficient (Wildman–Crippen LogP) is 7.67. The first-order chi connectivity index (χ1) is 22.5. The first kappa shape index (κ1) is 30.8. The van der Waals surface area contributed by atoms with Gasteiger partial charge in [-0.2, -0.15) is 0 Å². The van der Waals surface area contributed by atoms with Crippen LogP contribution in [0, 0.1) is 0 Å². The highest BCUT2D eigenvalue weighted by atomic mass is 32.1. The Morgan fingerprint density at radius 3 is 2.48 bits per heavy atom. The first-order valence-electron chi connectivity index (χ1n) is 16.8. The standard InChI is InChI=1S/C37H43N3O5S/c1-3-44-37(42)32-23-31-36(46-32)34(25-8-5-4-6-9-25)35(38(31)2)26-11-14-29(15-12-26)45-24-27-22-28(40-17-7-10-33(40)41)13-16-30(27)39-18-20-43-21-19-39/h11-16,22-23,25H,3-10,17-21,24H2,1-2H3. The highest BCUT2D eigenvalue weighted by molar-refractivity contribution is 7.21. The molecule has 4 heterocycles. The monoisotopic (exact) mass is 641 g/mol. The molecular formula is C37H43N3O5S. The van der Waals surface area contributed by atoms with Crippen molar-refractivity contribution in [3.63, 3.8) is 0 Å². The Bertz CT molecular complexity index is 1710. The van der Waals surface area contributed by atoms with Crippen LogP contribution in [0.25, 0.3) is 21.5 Å². The number of ether oxygens (including phenoxy) is 3. The number of fused-ring (bicyclic) bond motifs is 1. The van der Waals surface area contributed by atoms with Crippen LogP contribution in [0.3, 0.4) is 0 Å². The van der Waals surface area contributed by atoms with Crippen molar-refractivity contribution >= 4 is 44.8 Å². The smallest absolute Gasteiger partial charge is 0.348 e. The number of aryl methyl sites for hydroxylation is 1. The summed E-state index contributed by atoms with van der Waals surface area (Å²) >= 11 is 1.57. The maximum absolute atomic E-state index is 12.6. The number of hydrogen-bond donors (Lipinski definition) is 0. The maximum atomic E-state index is 12.6. The van der Waals surface area contributed by atoms with Crippen LogP contribution in [0.4, 0.5) is 11.4 Å². The summed E-state index contributed by atoms with van der Waals surface area (Å²) in [5, 5.41) is 0. The van der Waals surface area contributed by atoms with E-state index in [1.165, 1.54) is 48.1 Å². The summed E-state index contributed by atoms with van der Waals surface area (Å²) in [4.78, 5) is 30.0. The number of morpholine rings is 1. The fourth-order valence-electron chi connectivity index (χ4n) is 7.41. The second-order valence-electron chi connectivity index (χ2n) is 12.6. The zero-order chi connectivity index (χ0) is 31.6. The summed E-state index contributed by atoms with van der Waals surface area (Å²) < 4.78 is 20.8. The first-order valence-corrected chi connectivity index (χ1v) is 17.6. The Hall–Kier alpha value is -3.82. The average Bonchev–Trinajstić information content (AvgIpc) is 3.80. The van der Waals surface area contributed by atoms with E-state index in [-0.39, 0.29) is 11.9 Å². The van der Waals surface area contributed by atoms with E-state index in [4.69, 9.17) is 14.2 Å². The largest absolute Gasteiger partial charge is 0.489 e. The lowest BCUT2D eigenvalue weighted by molar-refractivity contribution is -0.117. The van der Waals surface area contributed by atoms with Gasteiger partial charge in [0.15, 0.2) is 0 Å². The summed E-state index contributed by atoms with van der Waals surface area (Å²) in [5.41, 5.74) is 8.00. The number of esters is 1. The van der Waals surface area contributed by atoms with Crippen LogP contribution in [-0.4, -0.2) is 55.9 Å². The van der Waals surface area contributed by atoms with E-state index in [1.54, 1.807) is 11.3 Å². The van der Waals surface area contributed by atoms with Gasteiger partial charge in [0.1, 0.15) is 17.2 Å². The van der Waals surface area contributed by atoms with E-state index in [0.29, 0.717) is 43.6 Å². The second-order valence-corrected chi connectivity index (χ2v) is 13.6. The molecule has 0 atom stereocenters. The number of benzene rings is 2. The van der Waals surface area contributed by atoms with E-state index in [0.717, 1.165) is 59.8 Å². The van der Waals surface area contributed by atoms with Crippen LogP contribution in [0.2, 0.25) is 0 Å². The van der Waals surface area contributed by atoms with Gasteiger partial charge in [-0.25, -0.2) is 4.79 Å². The molecule has 3 aliphatic rings. The number of amides is 1. The van der Waals surface area contributed by atoms with E-state index in [1.807, 2.05) is 17.9 Å². The second kappa shape index (κ2) is 13.5. The predicted molar refractivity (Wildman–Crippen MR) is 183 cm³/mol. The van der Waals surface area contributed by atoms with Crippen molar-refractivity contribution < 1.29 is 23.8 Å². The summed E-state index contributed by atoms with van der Waals surface area (Å²) in [6.45, 7) is 6.48. The third-order valence-electron chi connectivity index (χ3n) is 9.72. The van der Waals surface area contributed by atoms with Gasteiger partial charge < -0.3 is 28.6 Å². The molecule has 242 valence electrons. The van der Waals surface area contributed by atoms with Crippen molar-refractivity contribution in [2.45, 2.75) is 64.4 Å². The maximum Gasteiger partial charge on any atom is 0.348 e. The van der Waals surface area contributed by atoms with Crippen LogP contribution in [0.15, 0.2) is 48.5 Å². The van der Waals surface area contributed by atoms with Gasteiger partial charge in [0.05, 0.1) is 35.7 Å². The van der Waals surface area contributed by atoms with Crippen molar-refractivity contribution in [1.29, 1.82) is 0 Å². The normalized spacial score (nSPS) is 17.7. The molecule has 2 aliphatic heterocycles. The van der Waals surface area contributed by atoms with E-state index in [2.05, 4.69) is 59.0 Å². The fourth-order valence-corrected chi connectivity index (χ4v) is 8.62. The molecule has 2 aromatic carbocycles. The molecule has 0 N–H and O–H groups in total. The van der Waals surface area contributed by atoms with Crippen LogP contribution in [-0.2, 0) is 27.9 Å². The molecule has 1 aliphatic carbocycles. The van der Waals surface area contributed by atoms with Crippen molar-refractivity contribution in [3.8, 4) is 17.0 Å². The van der Waals surface area contributed by atoms with Gasteiger partial charge in [0.25, 0.3) is 0 Å². The Morgan fingerprint density at radius 1 is 0.978 bits per heavy atom. The molecular weight excluding hydrogens is 598 g/mol. The van der Waals surface area contributed by atoms with Crippen LogP contribution in [0.1, 0.15) is 78.6 Å². The van der Waals surface area contributed by atoms with E-state index in [9.17, 15) is 9.59 Å². The molecule has 1 saturated carbocycles. The van der Waals surface area contributed by atoms with Crippen LogP contribution >= 0.6 is 11.3 Å². The molecule has 0 bridgehead atoms. The number of thiophene rings is 1. The summed E-state index contributed by atoms with van der Waals surface area (Å²) in [6, 6.07) is 16.8. The van der Waals surface area contributed by atoms with Crippen LogP contribution in [0.5, 0.6) is 5.75 Å². The molecule has 0 radical (unpaired) electrons. The zero-order valence-electron chi connectivity index (χ0n) is 26.9. The van der Waals surface area contributed by atoms with Gasteiger partial charge in [-0.1, -0.05) is 19.3 Å². The number of rotatable bonds is 9. The van der Waals surface area contributed by atoms with E-state index < -0.39 is 0 Å². The van der Waals surface area contributed by atoms with Gasteiger partial charge in [-0.15, -0.1) is 11.3 Å². The summed E-state index contributed by atoms with van der Waals surface area (Å²) in [6.07, 6.45) is 7.62. The van der Waals surface area contributed by atoms with Crippen molar-refractivity contribution in [2.75, 3.05) is 49.3 Å². The molecule has 8 nitrogen and oxygen atoms in total. The molecule has 3 fully saturated rings. The van der Waals surface area contributed by atoms with Crippen LogP contribution < -0.4 is 14.5 Å². The van der Waals surface area contributed by atoms with Gasteiger partial charge in [0.2, 0.25) is 5.91 Å². The molecule has 2 aromatic heterocycles. The number of anilines is 2. The molecule has 7 rings (SSSR count). The highest BCUT2D eigenvalue weighted by Crippen LogP contribution is 2.46. The Balaban J connectivity index is 1.17. The number of aromatic nitrogens is 1. The summed E-state index contributed by atoms with van der Waals surface area (Å²) in [7, 11) is 2.11. The minimum absolute atomic E-state index is 0.187. The molecule has 46 heavy (non-hydrogen) atoms. The Labute approximate surface area is 274 Å². The third-order valence-corrected chi connectivity index (χ3v) is 10.9. The molecule has 1 amide bonds. The topological polar surface area (TPSA) is 73.2 Å². The number of carbonyl (C=O) groups is 2. The average molecular weight is 642 g/mol. The lowest BCUT2D eigenvalue weighted by Gasteiger charge is -2.31. The van der Waals surface area contributed by atoms with Gasteiger partial charge in [-0.3, -0.25) is 4.79 Å². The number of carbonyl (C=O) groups excluding carboxylic acids is 2. The molecule has 0 spiro atoms. The molecule has 4 aromatic rings. The van der Waals surface area contributed by atoms with Crippen molar-refractivity contribution in [2.24, 2.45) is 7.05 Å². The lowest BCUT2D eigenvalue weighted by Crippen LogP contribution is -2.37. The zero-order valence-corrected chi connectivity index (χ0v) is 27.7. The minimum Gasteiger partial charge on any atom is -0.489 e. The van der Waals surface area contributed by atoms with E-state index >= 15 is 0 Å². The minimum atomic E-state index is -0.240.